The van der Waals surface area contributed by atoms with E-state index in [9.17, 15) is 5.26 Å². The molecule has 1 aromatic heterocycles. The number of nitriles is 1. The van der Waals surface area contributed by atoms with Crippen molar-refractivity contribution >= 4 is 44.9 Å². The molecule has 2 aliphatic heterocycles. The first-order chi connectivity index (χ1) is 20.3. The average Bonchev–Trinajstić information content (AvgIpc) is 3.39. The smallest absolute Gasteiger partial charge is 0.247 e. The monoisotopic (exact) mass is 518 g/mol. The maximum atomic E-state index is 10.6. The van der Waals surface area contributed by atoms with E-state index in [4.69, 9.17) is 0 Å². The number of aromatic nitrogens is 1. The largest absolute Gasteiger partial charge is 0.309 e. The van der Waals surface area contributed by atoms with E-state index in [1.807, 2.05) is 6.07 Å². The van der Waals surface area contributed by atoms with Crippen molar-refractivity contribution in [3.8, 4) is 11.8 Å². The third-order valence-corrected chi connectivity index (χ3v) is 9.38. The molecule has 9 rings (SSSR count). The van der Waals surface area contributed by atoms with Gasteiger partial charge >= 0.3 is 0 Å². The number of benzene rings is 6. The van der Waals surface area contributed by atoms with Crippen LogP contribution in [0.2, 0.25) is 0 Å². The van der Waals surface area contributed by atoms with Crippen LogP contribution in [0, 0.1) is 11.3 Å². The molecule has 0 radical (unpaired) electrons. The fourth-order valence-corrected chi connectivity index (χ4v) is 7.95. The summed E-state index contributed by atoms with van der Waals surface area (Å²) in [5, 5.41) is 13.0. The molecule has 0 saturated heterocycles. The molecular formula is C38H23BN2. The molecule has 0 atom stereocenters. The van der Waals surface area contributed by atoms with E-state index in [0.717, 1.165) is 11.2 Å². The zero-order valence-corrected chi connectivity index (χ0v) is 22.3. The molecule has 0 saturated carbocycles. The van der Waals surface area contributed by atoms with Crippen LogP contribution >= 0.6 is 0 Å². The van der Waals surface area contributed by atoms with Gasteiger partial charge in [-0.15, -0.1) is 0 Å². The highest BCUT2D eigenvalue weighted by atomic mass is 15.0. The third kappa shape index (κ3) is 2.67. The van der Waals surface area contributed by atoms with Crippen LogP contribution in [-0.4, -0.2) is 11.3 Å². The standard InChI is InChI=1S/C38H23BN2/c40-24-25-22-23-31-35-36(25)41-34-21-10-7-16-28(34)29-17-11-20-33(37(29)41)39(35)32-19-9-8-18-30(32)38(31,26-12-3-1-4-13-26)27-14-5-2-6-15-27/h1-23H. The molecule has 41 heavy (non-hydrogen) atoms. The summed E-state index contributed by atoms with van der Waals surface area (Å²) in [6.45, 7) is 0.0190. The third-order valence-electron chi connectivity index (χ3n) is 9.38. The van der Waals surface area contributed by atoms with Gasteiger partial charge in [0.25, 0.3) is 0 Å². The Morgan fingerprint density at radius 1 is 0.561 bits per heavy atom. The van der Waals surface area contributed by atoms with Gasteiger partial charge in [0.15, 0.2) is 0 Å². The van der Waals surface area contributed by atoms with E-state index in [1.165, 1.54) is 54.9 Å². The summed E-state index contributed by atoms with van der Waals surface area (Å²) in [6.07, 6.45) is 0. The summed E-state index contributed by atoms with van der Waals surface area (Å²) >= 11 is 0. The van der Waals surface area contributed by atoms with Crippen molar-refractivity contribution < 1.29 is 0 Å². The molecule has 0 N–H and O–H groups in total. The van der Waals surface area contributed by atoms with Gasteiger partial charge in [0, 0.05) is 16.3 Å². The number of rotatable bonds is 2. The highest BCUT2D eigenvalue weighted by Crippen LogP contribution is 2.48. The highest BCUT2D eigenvalue weighted by Gasteiger charge is 2.51. The summed E-state index contributed by atoms with van der Waals surface area (Å²) in [4.78, 5) is 0. The molecule has 2 aliphatic rings. The van der Waals surface area contributed by atoms with Crippen molar-refractivity contribution in [1.82, 2.24) is 4.57 Å². The van der Waals surface area contributed by atoms with Gasteiger partial charge in [0.05, 0.1) is 22.2 Å². The fourth-order valence-electron chi connectivity index (χ4n) is 7.95. The van der Waals surface area contributed by atoms with Gasteiger partial charge in [0.1, 0.15) is 6.07 Å². The van der Waals surface area contributed by atoms with Gasteiger partial charge in [-0.2, -0.15) is 5.26 Å². The molecule has 0 aliphatic carbocycles. The first kappa shape index (κ1) is 22.5. The Labute approximate surface area is 238 Å². The Morgan fingerprint density at radius 2 is 1.20 bits per heavy atom. The summed E-state index contributed by atoms with van der Waals surface area (Å²) in [7, 11) is 0. The number of hydrogen-bond acceptors (Lipinski definition) is 1. The Balaban J connectivity index is 1.57. The van der Waals surface area contributed by atoms with E-state index >= 15 is 0 Å². The van der Waals surface area contributed by atoms with Gasteiger partial charge < -0.3 is 4.57 Å². The SMILES string of the molecule is N#Cc1ccc2c3c1-n1c4ccccc4c4cccc(c41)B3c1ccccc1C2(c1ccccc1)c1ccccc1. The van der Waals surface area contributed by atoms with Crippen LogP contribution in [0.5, 0.6) is 0 Å². The van der Waals surface area contributed by atoms with Gasteiger partial charge in [0.2, 0.25) is 6.71 Å². The lowest BCUT2D eigenvalue weighted by Gasteiger charge is -2.46. The zero-order chi connectivity index (χ0) is 27.1. The topological polar surface area (TPSA) is 28.7 Å². The van der Waals surface area contributed by atoms with Gasteiger partial charge in [-0.25, -0.2) is 0 Å². The number of hydrogen-bond donors (Lipinski definition) is 0. The van der Waals surface area contributed by atoms with Crippen LogP contribution < -0.4 is 16.4 Å². The van der Waals surface area contributed by atoms with E-state index < -0.39 is 5.41 Å². The highest BCUT2D eigenvalue weighted by molar-refractivity contribution is 6.99. The first-order valence-corrected chi connectivity index (χ1v) is 14.1. The minimum absolute atomic E-state index is 0.0190. The Kier molecular flexibility index (Phi) is 4.44. The van der Waals surface area contributed by atoms with E-state index in [1.54, 1.807) is 0 Å². The summed E-state index contributed by atoms with van der Waals surface area (Å²) in [5.41, 5.74) is 12.4. The Bertz CT molecular complexity index is 2180. The first-order valence-electron chi connectivity index (χ1n) is 14.1. The molecule has 0 amide bonds. The number of para-hydroxylation sites is 2. The summed E-state index contributed by atoms with van der Waals surface area (Å²) in [5.74, 6) is 0. The second-order valence-electron chi connectivity index (χ2n) is 11.1. The van der Waals surface area contributed by atoms with Gasteiger partial charge in [-0.3, -0.25) is 0 Å². The summed E-state index contributed by atoms with van der Waals surface area (Å²) in [6, 6.07) is 53.0. The minimum Gasteiger partial charge on any atom is -0.309 e. The zero-order valence-electron chi connectivity index (χ0n) is 22.3. The molecule has 6 aromatic carbocycles. The molecule has 3 heteroatoms. The van der Waals surface area contributed by atoms with Crippen molar-refractivity contribution in [2.24, 2.45) is 0 Å². The van der Waals surface area contributed by atoms with E-state index in [2.05, 4.69) is 144 Å². The average molecular weight is 518 g/mol. The molecule has 3 heterocycles. The van der Waals surface area contributed by atoms with Crippen molar-refractivity contribution in [3.63, 3.8) is 0 Å². The van der Waals surface area contributed by atoms with Gasteiger partial charge in [-0.1, -0.05) is 133 Å². The Morgan fingerprint density at radius 3 is 1.95 bits per heavy atom. The maximum Gasteiger partial charge on any atom is 0.247 e. The molecule has 0 bridgehead atoms. The molecule has 0 fully saturated rings. The Hall–Kier alpha value is -5.33. The number of fused-ring (bicyclic) bond motifs is 7. The predicted octanol–water partition coefficient (Wildman–Crippen LogP) is 6.18. The van der Waals surface area contributed by atoms with Crippen LogP contribution in [0.25, 0.3) is 27.5 Å². The van der Waals surface area contributed by atoms with Crippen molar-refractivity contribution in [1.29, 1.82) is 5.26 Å². The van der Waals surface area contributed by atoms with E-state index in [-0.39, 0.29) is 6.71 Å². The van der Waals surface area contributed by atoms with Crippen molar-refractivity contribution in [2.45, 2.75) is 5.41 Å². The normalized spacial score (nSPS) is 14.0. The van der Waals surface area contributed by atoms with Gasteiger partial charge in [-0.05, 0) is 45.3 Å². The second-order valence-corrected chi connectivity index (χ2v) is 11.1. The summed E-state index contributed by atoms with van der Waals surface area (Å²) < 4.78 is 2.38. The lowest BCUT2D eigenvalue weighted by Crippen LogP contribution is -2.64. The molecular weight excluding hydrogens is 495 g/mol. The number of nitrogens with zero attached hydrogens (tertiary/aromatic N) is 2. The minimum atomic E-state index is -0.540. The quantitative estimate of drug-likeness (QED) is 0.251. The lowest BCUT2D eigenvalue weighted by molar-refractivity contribution is 0.750. The van der Waals surface area contributed by atoms with Crippen LogP contribution in [0.3, 0.4) is 0 Å². The van der Waals surface area contributed by atoms with Crippen LogP contribution in [0.4, 0.5) is 0 Å². The molecule has 7 aromatic rings. The molecule has 2 nitrogen and oxygen atoms in total. The van der Waals surface area contributed by atoms with Crippen molar-refractivity contribution in [3.05, 3.63) is 167 Å². The van der Waals surface area contributed by atoms with Crippen LogP contribution in [0.15, 0.2) is 140 Å². The van der Waals surface area contributed by atoms with Crippen LogP contribution in [0.1, 0.15) is 27.8 Å². The lowest BCUT2D eigenvalue weighted by atomic mass is 9.29. The van der Waals surface area contributed by atoms with E-state index in [0.29, 0.717) is 5.56 Å². The fraction of sp³-hybridized carbons (Fsp3) is 0.0263. The maximum absolute atomic E-state index is 10.6. The second kappa shape index (κ2) is 8.10. The predicted molar refractivity (Wildman–Crippen MR) is 168 cm³/mol. The molecule has 0 spiro atoms. The van der Waals surface area contributed by atoms with Crippen LogP contribution in [-0.2, 0) is 5.41 Å². The molecule has 188 valence electrons. The molecule has 0 unspecified atom stereocenters. The van der Waals surface area contributed by atoms with Crippen molar-refractivity contribution in [2.75, 3.05) is 0 Å².